The van der Waals surface area contributed by atoms with Crippen LogP contribution in [0.1, 0.15) is 164 Å². The van der Waals surface area contributed by atoms with Gasteiger partial charge in [-0.25, -0.2) is 20.0 Å². The van der Waals surface area contributed by atoms with Gasteiger partial charge in [-0.3, -0.25) is 0 Å². The fraction of sp³-hybridized carbons (Fsp3) is 0.255. The summed E-state index contributed by atoms with van der Waals surface area (Å²) in [5.41, 5.74) is 28.1. The van der Waals surface area contributed by atoms with Gasteiger partial charge in [0.25, 0.3) is 0 Å². The van der Waals surface area contributed by atoms with E-state index in [0.29, 0.717) is 0 Å². The zero-order valence-corrected chi connectivity index (χ0v) is 69.0. The second-order valence-corrected chi connectivity index (χ2v) is 27.5. The largest absolute Gasteiger partial charge is 0.372 e. The van der Waals surface area contributed by atoms with Crippen molar-refractivity contribution in [3.63, 3.8) is 0 Å². The molecule has 0 bridgehead atoms. The van der Waals surface area contributed by atoms with Crippen molar-refractivity contribution < 1.29 is 0 Å². The number of anilines is 10. The standard InChI is InChI=1S/C28H35N3.C27H33N3.C24H26N2.C23H24N2/c1-6-23-10-16-27(17-11-23)31(28-18-12-24(7-2)13-19-28)29-22(5)25-14-20-26(21-15-25)30(8-3)9-4;1-5-22-9-17-26(18-10-22)30(27-19-11-23(6-2)12-20-27)28-21-24-13-15-25(16-14-24)29(7-3)8-4;1-4-20-11-15-23(16-12-20)26(24-17-13-21(5-2)14-18-24)25-19(3)22-9-7-6-8-10-22;1-3-19-10-14-22(15-11-19)25(23-16-12-20(4-2)13-17-23)24-18-21-8-6-5-7-9-21/h10-21H,6-9H2,1-5H3;9-21H,5-8H2,1-4H3;6-18H,4-5H2,1-3H3;5-18H,3-4H2,1-2H3/b29-22+;28-21+;25-19+;24-18+. The van der Waals surface area contributed by atoms with Crippen molar-refractivity contribution in [2.45, 2.75) is 148 Å². The highest BCUT2D eigenvalue weighted by Crippen LogP contribution is 2.33. The Balaban J connectivity index is 0.000000172. The van der Waals surface area contributed by atoms with Gasteiger partial charge in [-0.2, -0.15) is 20.4 Å². The molecule has 0 aliphatic carbocycles. The summed E-state index contributed by atoms with van der Waals surface area (Å²) in [5.74, 6) is 0. The van der Waals surface area contributed by atoms with Gasteiger partial charge in [-0.15, -0.1) is 0 Å². The van der Waals surface area contributed by atoms with Crippen molar-refractivity contribution in [2.24, 2.45) is 20.4 Å². The third kappa shape index (κ3) is 24.6. The maximum Gasteiger partial charge on any atom is 0.0655 e. The number of hydrazone groups is 4. The van der Waals surface area contributed by atoms with E-state index in [4.69, 9.17) is 20.4 Å². The molecule has 0 radical (unpaired) electrons. The molecule has 0 saturated heterocycles. The van der Waals surface area contributed by atoms with Crippen molar-refractivity contribution in [2.75, 3.05) is 56.0 Å². The number of nitrogens with zero attached hydrogens (tertiary/aromatic N) is 10. The van der Waals surface area contributed by atoms with Crippen LogP contribution in [0.15, 0.2) is 324 Å². The smallest absolute Gasteiger partial charge is 0.0655 e. The highest BCUT2D eigenvalue weighted by molar-refractivity contribution is 6.00. The van der Waals surface area contributed by atoms with E-state index in [1.165, 1.54) is 55.9 Å². The van der Waals surface area contributed by atoms with Crippen molar-refractivity contribution in [3.8, 4) is 0 Å². The van der Waals surface area contributed by atoms with Gasteiger partial charge < -0.3 is 9.80 Å². The van der Waals surface area contributed by atoms with E-state index >= 15 is 0 Å². The first-order valence-corrected chi connectivity index (χ1v) is 40.7. The van der Waals surface area contributed by atoms with Gasteiger partial charge in [-0.1, -0.05) is 237 Å². The fourth-order valence-electron chi connectivity index (χ4n) is 12.8. The van der Waals surface area contributed by atoms with E-state index in [2.05, 4.69) is 374 Å². The zero-order chi connectivity index (χ0) is 79.4. The first-order chi connectivity index (χ1) is 54.8. The van der Waals surface area contributed by atoms with Gasteiger partial charge in [0.1, 0.15) is 0 Å². The lowest BCUT2D eigenvalue weighted by molar-refractivity contribution is 0.866. The Labute approximate surface area is 671 Å². The minimum Gasteiger partial charge on any atom is -0.372 e. The topological polar surface area (TPSA) is 68.9 Å². The summed E-state index contributed by atoms with van der Waals surface area (Å²) in [7, 11) is 0. The van der Waals surface area contributed by atoms with Gasteiger partial charge in [0.05, 0.1) is 69.4 Å². The van der Waals surface area contributed by atoms with E-state index in [1.807, 2.05) is 68.9 Å². The van der Waals surface area contributed by atoms with Gasteiger partial charge in [-0.05, 0) is 281 Å². The van der Waals surface area contributed by atoms with Crippen LogP contribution in [-0.4, -0.2) is 50.0 Å². The molecular formula is C102H118N10. The number of hydrogen-bond acceptors (Lipinski definition) is 10. The van der Waals surface area contributed by atoms with Crippen molar-refractivity contribution in [3.05, 3.63) is 370 Å². The summed E-state index contributed by atoms with van der Waals surface area (Å²) < 4.78 is 0. The summed E-state index contributed by atoms with van der Waals surface area (Å²) in [4.78, 5) is 4.70. The zero-order valence-electron chi connectivity index (χ0n) is 69.0. The van der Waals surface area contributed by atoms with Crippen LogP contribution < -0.4 is 29.8 Å². The molecule has 0 atom stereocenters. The number of rotatable bonds is 30. The summed E-state index contributed by atoms with van der Waals surface area (Å²) in [5, 5.41) is 27.7. The van der Waals surface area contributed by atoms with Gasteiger partial charge in [0.2, 0.25) is 0 Å². The van der Waals surface area contributed by atoms with Crippen LogP contribution in [0.2, 0.25) is 0 Å². The van der Waals surface area contributed by atoms with Gasteiger partial charge >= 0.3 is 0 Å². The lowest BCUT2D eigenvalue weighted by Gasteiger charge is -2.22. The Morgan fingerprint density at radius 3 is 0.643 bits per heavy atom. The van der Waals surface area contributed by atoms with Crippen LogP contribution in [0.3, 0.4) is 0 Å². The Hall–Kier alpha value is -11.9. The molecule has 12 rings (SSSR count). The molecule has 0 unspecified atom stereocenters. The molecular weight excluding hydrogens is 1370 g/mol. The molecule has 10 nitrogen and oxygen atoms in total. The van der Waals surface area contributed by atoms with E-state index in [-0.39, 0.29) is 0 Å². The normalized spacial score (nSPS) is 11.2. The lowest BCUT2D eigenvalue weighted by Crippen LogP contribution is -2.21. The van der Waals surface area contributed by atoms with Gasteiger partial charge in [0, 0.05) is 37.6 Å². The molecule has 0 aromatic heterocycles. The van der Waals surface area contributed by atoms with Crippen LogP contribution in [0.25, 0.3) is 0 Å². The quantitative estimate of drug-likeness (QED) is 0.0330. The van der Waals surface area contributed by atoms with E-state index in [9.17, 15) is 0 Å². The van der Waals surface area contributed by atoms with E-state index in [0.717, 1.165) is 157 Å². The molecule has 0 saturated carbocycles. The highest BCUT2D eigenvalue weighted by Gasteiger charge is 2.16. The molecule has 12 aromatic carbocycles. The molecule has 10 heteroatoms. The monoisotopic (exact) mass is 1480 g/mol. The maximum atomic E-state index is 5.05. The fourth-order valence-corrected chi connectivity index (χ4v) is 12.8. The number of benzene rings is 12. The molecule has 0 aliphatic rings. The number of aryl methyl sites for hydroxylation is 8. The summed E-state index contributed by atoms with van der Waals surface area (Å²) in [6, 6.07) is 107. The third-order valence-corrected chi connectivity index (χ3v) is 20.3. The van der Waals surface area contributed by atoms with Crippen LogP contribution in [0.4, 0.5) is 56.9 Å². The maximum absolute atomic E-state index is 5.05. The van der Waals surface area contributed by atoms with Crippen molar-refractivity contribution in [1.29, 1.82) is 0 Å². The average molecular weight is 1480 g/mol. The second kappa shape index (κ2) is 44.7. The molecule has 0 aliphatic heterocycles. The van der Waals surface area contributed by atoms with Crippen LogP contribution in [0, 0.1) is 0 Å². The molecule has 0 fully saturated rings. The first kappa shape index (κ1) is 84.1. The molecule has 0 heterocycles. The first-order valence-electron chi connectivity index (χ1n) is 40.7. The Morgan fingerprint density at radius 1 is 0.214 bits per heavy atom. The summed E-state index contributed by atoms with van der Waals surface area (Å²) in [6.45, 7) is 34.3. The van der Waals surface area contributed by atoms with Crippen molar-refractivity contribution >= 4 is 80.7 Å². The highest BCUT2D eigenvalue weighted by atomic mass is 15.5. The van der Waals surface area contributed by atoms with Crippen molar-refractivity contribution in [1.82, 2.24) is 0 Å². The van der Waals surface area contributed by atoms with Gasteiger partial charge in [0.15, 0.2) is 0 Å². The summed E-state index contributed by atoms with van der Waals surface area (Å²) in [6.07, 6.45) is 12.1. The average Bonchev–Trinajstić information content (AvgIpc) is 0.827. The van der Waals surface area contributed by atoms with Crippen LogP contribution >= 0.6 is 0 Å². The number of hydrogen-bond donors (Lipinski definition) is 0. The molecule has 0 N–H and O–H groups in total. The van der Waals surface area contributed by atoms with Crippen LogP contribution in [-0.2, 0) is 51.4 Å². The third-order valence-electron chi connectivity index (χ3n) is 20.3. The molecule has 576 valence electrons. The Kier molecular flexibility index (Phi) is 33.6. The SMILES string of the molecule is CCc1ccc(N(/N=C(\C)c2ccc(N(CC)CC)cc2)c2ccc(CC)cc2)cc1.CCc1ccc(N(/N=C(\C)c2ccccc2)c2ccc(CC)cc2)cc1.CCc1ccc(N(/N=C/c2ccc(N(CC)CC)cc2)c2ccc(CC)cc2)cc1.CCc1ccc(N(/N=C/c2ccccc2)c2ccc(CC)cc2)cc1. The predicted molar refractivity (Wildman–Crippen MR) is 488 cm³/mol. The summed E-state index contributed by atoms with van der Waals surface area (Å²) >= 11 is 0. The minimum absolute atomic E-state index is 0.990. The molecule has 0 spiro atoms. The lowest BCUT2D eigenvalue weighted by atomic mass is 10.1. The Morgan fingerprint density at radius 2 is 0.411 bits per heavy atom. The predicted octanol–water partition coefficient (Wildman–Crippen LogP) is 26.4. The minimum atomic E-state index is 0.990. The van der Waals surface area contributed by atoms with E-state index in [1.54, 1.807) is 0 Å². The van der Waals surface area contributed by atoms with E-state index < -0.39 is 0 Å². The molecule has 112 heavy (non-hydrogen) atoms. The molecule has 0 amide bonds. The molecule has 12 aromatic rings. The Bertz CT molecular complexity index is 4590. The van der Waals surface area contributed by atoms with Crippen LogP contribution in [0.5, 0.6) is 0 Å². The second-order valence-electron chi connectivity index (χ2n) is 27.5.